The lowest BCUT2D eigenvalue weighted by molar-refractivity contribution is -0.143. The number of hydrogen-bond donors (Lipinski definition) is 2. The molecular weight excluding hydrogens is 250 g/mol. The molecule has 6 heteroatoms. The maximum Gasteiger partial charge on any atom is 0.323 e. The minimum Gasteiger partial charge on any atom is -0.480 e. The van der Waals surface area contributed by atoms with Crippen LogP contribution < -0.4 is 5.73 Å². The molecule has 3 N–H and O–H groups in total. The third-order valence-corrected chi connectivity index (χ3v) is 2.98. The van der Waals surface area contributed by atoms with Gasteiger partial charge in [-0.05, 0) is 25.7 Å². The van der Waals surface area contributed by atoms with Gasteiger partial charge >= 0.3 is 5.97 Å². The van der Waals surface area contributed by atoms with E-state index in [2.05, 4.69) is 0 Å². The zero-order chi connectivity index (χ0) is 14.6. The number of aliphatic carboxylic acids is 1. The molecule has 0 aliphatic rings. The lowest BCUT2D eigenvalue weighted by Crippen LogP contribution is -2.47. The number of ether oxygens (including phenoxy) is 3. The molecule has 19 heavy (non-hydrogen) atoms. The summed E-state index contributed by atoms with van der Waals surface area (Å²) in [6.45, 7) is 4.72. The SMILES string of the molecule is CCC(N)(CCCOCCOCCCOC)C(=O)O. The molecule has 0 aromatic heterocycles. The highest BCUT2D eigenvalue weighted by atomic mass is 16.5. The smallest absolute Gasteiger partial charge is 0.323 e. The van der Waals surface area contributed by atoms with E-state index < -0.39 is 11.5 Å². The molecule has 6 nitrogen and oxygen atoms in total. The third kappa shape index (κ3) is 8.93. The van der Waals surface area contributed by atoms with Gasteiger partial charge in [0.2, 0.25) is 0 Å². The Labute approximate surface area is 115 Å². The Hall–Kier alpha value is -0.690. The standard InChI is InChI=1S/C13H27NO5/c1-3-13(14,12(15)16)6-4-8-18-10-11-19-9-5-7-17-2/h3-11,14H2,1-2H3,(H,15,16). The molecule has 1 unspecified atom stereocenters. The highest BCUT2D eigenvalue weighted by Crippen LogP contribution is 2.14. The van der Waals surface area contributed by atoms with Crippen LogP contribution in [0, 0.1) is 0 Å². The van der Waals surface area contributed by atoms with Gasteiger partial charge in [0, 0.05) is 26.9 Å². The Morgan fingerprint density at radius 2 is 1.68 bits per heavy atom. The highest BCUT2D eigenvalue weighted by Gasteiger charge is 2.30. The van der Waals surface area contributed by atoms with Crippen molar-refractivity contribution >= 4 is 5.97 Å². The second kappa shape index (κ2) is 11.2. The van der Waals surface area contributed by atoms with E-state index in [-0.39, 0.29) is 0 Å². The van der Waals surface area contributed by atoms with Crippen molar-refractivity contribution in [3.8, 4) is 0 Å². The average Bonchev–Trinajstić information content (AvgIpc) is 2.40. The molecular formula is C13H27NO5. The maximum atomic E-state index is 10.9. The predicted molar refractivity (Wildman–Crippen MR) is 72.2 cm³/mol. The van der Waals surface area contributed by atoms with Gasteiger partial charge in [0.15, 0.2) is 0 Å². The van der Waals surface area contributed by atoms with Crippen molar-refractivity contribution in [2.24, 2.45) is 5.73 Å². The van der Waals surface area contributed by atoms with Crippen molar-refractivity contribution in [1.82, 2.24) is 0 Å². The van der Waals surface area contributed by atoms with Crippen LogP contribution in [-0.4, -0.2) is 56.8 Å². The Balaban J connectivity index is 3.38. The number of carboxylic acids is 1. The fraction of sp³-hybridized carbons (Fsp3) is 0.923. The van der Waals surface area contributed by atoms with Gasteiger partial charge < -0.3 is 25.1 Å². The summed E-state index contributed by atoms with van der Waals surface area (Å²) in [7, 11) is 1.66. The number of carboxylic acid groups (broad SMARTS) is 1. The van der Waals surface area contributed by atoms with Crippen LogP contribution in [0.1, 0.15) is 32.6 Å². The van der Waals surface area contributed by atoms with E-state index in [4.69, 9.17) is 25.1 Å². The van der Waals surface area contributed by atoms with Crippen molar-refractivity contribution in [2.75, 3.05) is 40.1 Å². The number of carbonyl (C=O) groups is 1. The average molecular weight is 277 g/mol. The summed E-state index contributed by atoms with van der Waals surface area (Å²) < 4.78 is 15.6. The van der Waals surface area contributed by atoms with E-state index in [0.717, 1.165) is 6.42 Å². The van der Waals surface area contributed by atoms with Gasteiger partial charge in [0.1, 0.15) is 5.54 Å². The van der Waals surface area contributed by atoms with Gasteiger partial charge in [-0.15, -0.1) is 0 Å². The Morgan fingerprint density at radius 1 is 1.11 bits per heavy atom. The maximum absolute atomic E-state index is 10.9. The summed E-state index contributed by atoms with van der Waals surface area (Å²) in [6, 6.07) is 0. The number of rotatable bonds is 13. The van der Waals surface area contributed by atoms with E-state index in [1.807, 2.05) is 0 Å². The third-order valence-electron chi connectivity index (χ3n) is 2.98. The summed E-state index contributed by atoms with van der Waals surface area (Å²) in [5, 5.41) is 8.98. The molecule has 0 bridgehead atoms. The van der Waals surface area contributed by atoms with E-state index in [1.165, 1.54) is 0 Å². The second-order valence-corrected chi connectivity index (χ2v) is 4.49. The second-order valence-electron chi connectivity index (χ2n) is 4.49. The number of nitrogens with two attached hydrogens (primary N) is 1. The van der Waals surface area contributed by atoms with Crippen LogP contribution in [0.5, 0.6) is 0 Å². The normalized spacial score (nSPS) is 14.3. The Kier molecular flexibility index (Phi) is 10.8. The first-order valence-electron chi connectivity index (χ1n) is 6.73. The zero-order valence-electron chi connectivity index (χ0n) is 12.0. The fourth-order valence-electron chi connectivity index (χ4n) is 1.55. The van der Waals surface area contributed by atoms with Crippen molar-refractivity contribution in [3.05, 3.63) is 0 Å². The van der Waals surface area contributed by atoms with Crippen LogP contribution in [-0.2, 0) is 19.0 Å². The summed E-state index contributed by atoms with van der Waals surface area (Å²) >= 11 is 0. The molecule has 0 aliphatic carbocycles. The van der Waals surface area contributed by atoms with Gasteiger partial charge in [-0.2, -0.15) is 0 Å². The first-order valence-corrected chi connectivity index (χ1v) is 6.73. The van der Waals surface area contributed by atoms with Crippen LogP contribution in [0.25, 0.3) is 0 Å². The van der Waals surface area contributed by atoms with Crippen LogP contribution in [0.2, 0.25) is 0 Å². The zero-order valence-corrected chi connectivity index (χ0v) is 12.0. The van der Waals surface area contributed by atoms with E-state index in [9.17, 15) is 4.79 Å². The molecule has 1 atom stereocenters. The van der Waals surface area contributed by atoms with Gasteiger partial charge in [0.05, 0.1) is 13.2 Å². The molecule has 0 aliphatic heterocycles. The summed E-state index contributed by atoms with van der Waals surface area (Å²) in [5.74, 6) is -0.948. The molecule has 0 saturated heterocycles. The predicted octanol–water partition coefficient (Wildman–Crippen LogP) is 1.03. The molecule has 0 aromatic rings. The highest BCUT2D eigenvalue weighted by molar-refractivity contribution is 5.78. The first-order chi connectivity index (χ1) is 9.06. The van der Waals surface area contributed by atoms with Gasteiger partial charge in [0.25, 0.3) is 0 Å². The van der Waals surface area contributed by atoms with Crippen molar-refractivity contribution in [2.45, 2.75) is 38.1 Å². The molecule has 0 amide bonds. The topological polar surface area (TPSA) is 91.0 Å². The molecule has 0 rings (SSSR count). The summed E-state index contributed by atoms with van der Waals surface area (Å²) in [6.07, 6.45) is 2.36. The van der Waals surface area contributed by atoms with Crippen molar-refractivity contribution in [1.29, 1.82) is 0 Å². The number of hydrogen-bond acceptors (Lipinski definition) is 5. The van der Waals surface area contributed by atoms with E-state index in [1.54, 1.807) is 14.0 Å². The monoisotopic (exact) mass is 277 g/mol. The quantitative estimate of drug-likeness (QED) is 0.489. The molecule has 0 spiro atoms. The minimum atomic E-state index is -1.12. The molecule has 114 valence electrons. The summed E-state index contributed by atoms with van der Waals surface area (Å²) in [4.78, 5) is 10.9. The van der Waals surface area contributed by atoms with E-state index >= 15 is 0 Å². The Bertz CT molecular complexity index is 237. The lowest BCUT2D eigenvalue weighted by atomic mass is 9.92. The number of methoxy groups -OCH3 is 1. The molecule has 0 saturated carbocycles. The van der Waals surface area contributed by atoms with Gasteiger partial charge in [-0.25, -0.2) is 0 Å². The van der Waals surface area contributed by atoms with Gasteiger partial charge in [-0.1, -0.05) is 6.92 Å². The molecule has 0 fully saturated rings. The molecule has 0 heterocycles. The largest absolute Gasteiger partial charge is 0.480 e. The first kappa shape index (κ1) is 18.3. The fourth-order valence-corrected chi connectivity index (χ4v) is 1.55. The van der Waals surface area contributed by atoms with Crippen LogP contribution in [0.15, 0.2) is 0 Å². The molecule has 0 aromatic carbocycles. The van der Waals surface area contributed by atoms with Crippen LogP contribution >= 0.6 is 0 Å². The summed E-state index contributed by atoms with van der Waals surface area (Å²) in [5.41, 5.74) is 4.63. The minimum absolute atomic E-state index is 0.422. The van der Waals surface area contributed by atoms with Gasteiger partial charge in [-0.3, -0.25) is 4.79 Å². The van der Waals surface area contributed by atoms with Crippen LogP contribution in [0.4, 0.5) is 0 Å². The van der Waals surface area contributed by atoms with E-state index in [0.29, 0.717) is 52.3 Å². The van der Waals surface area contributed by atoms with Crippen molar-refractivity contribution in [3.63, 3.8) is 0 Å². The molecule has 0 radical (unpaired) electrons. The lowest BCUT2D eigenvalue weighted by Gasteiger charge is -2.22. The Morgan fingerprint density at radius 3 is 2.16 bits per heavy atom. The van der Waals surface area contributed by atoms with Crippen LogP contribution in [0.3, 0.4) is 0 Å². The van der Waals surface area contributed by atoms with Crippen molar-refractivity contribution < 1.29 is 24.1 Å².